The number of piperidine rings is 1. The minimum absolute atomic E-state index is 0.137. The Morgan fingerprint density at radius 2 is 2.00 bits per heavy atom. The molecule has 140 valence electrons. The van der Waals surface area contributed by atoms with E-state index in [4.69, 9.17) is 4.98 Å². The van der Waals surface area contributed by atoms with Gasteiger partial charge in [-0.2, -0.15) is 5.26 Å². The van der Waals surface area contributed by atoms with E-state index in [-0.39, 0.29) is 17.0 Å². The first kappa shape index (κ1) is 16.8. The van der Waals surface area contributed by atoms with Crippen molar-refractivity contribution in [1.29, 1.82) is 5.26 Å². The zero-order valence-electron chi connectivity index (χ0n) is 15.4. The van der Waals surface area contributed by atoms with Crippen LogP contribution in [-0.2, 0) is 0 Å². The molecule has 6 heteroatoms. The molecule has 0 amide bonds. The molecule has 5 rings (SSSR count). The number of nitrogens with zero attached hydrogens (tertiary/aromatic N) is 3. The molecule has 6 nitrogen and oxygen atoms in total. The van der Waals surface area contributed by atoms with Crippen LogP contribution in [-0.4, -0.2) is 28.2 Å². The molecule has 3 aliphatic rings. The minimum Gasteiger partial charge on any atom is -0.387 e. The molecule has 1 saturated heterocycles. The van der Waals surface area contributed by atoms with Crippen molar-refractivity contribution in [2.75, 3.05) is 18.0 Å². The Labute approximate surface area is 157 Å². The fourth-order valence-electron chi connectivity index (χ4n) is 4.78. The maximum Gasteiger partial charge on any atom is 0.268 e. The molecule has 0 radical (unpaired) electrons. The lowest BCUT2D eigenvalue weighted by atomic mass is 9.63. The number of rotatable bonds is 3. The predicted molar refractivity (Wildman–Crippen MR) is 102 cm³/mol. The number of nitriles is 1. The van der Waals surface area contributed by atoms with E-state index in [2.05, 4.69) is 16.0 Å². The van der Waals surface area contributed by atoms with Gasteiger partial charge in [-0.1, -0.05) is 6.42 Å². The Bertz CT molecular complexity index is 988. The molecule has 1 spiro atoms. The normalized spacial score (nSPS) is 22.4. The van der Waals surface area contributed by atoms with Gasteiger partial charge in [0.05, 0.1) is 23.0 Å². The lowest BCUT2D eigenvalue weighted by molar-refractivity contribution is 0.0955. The number of anilines is 1. The summed E-state index contributed by atoms with van der Waals surface area (Å²) in [7, 11) is 0. The number of aliphatic hydroxyl groups is 1. The lowest BCUT2D eigenvalue weighted by Gasteiger charge is -2.48. The topological polar surface area (TPSA) is 93.0 Å². The van der Waals surface area contributed by atoms with E-state index in [1.807, 2.05) is 6.07 Å². The maximum atomic E-state index is 12.5. The molecule has 1 atom stereocenters. The fraction of sp³-hybridized carbons (Fsp3) is 0.571. The number of pyridine rings is 2. The van der Waals surface area contributed by atoms with Gasteiger partial charge < -0.3 is 15.0 Å². The lowest BCUT2D eigenvalue weighted by Crippen LogP contribution is -2.44. The highest BCUT2D eigenvalue weighted by Gasteiger charge is 2.40. The van der Waals surface area contributed by atoms with Crippen molar-refractivity contribution in [2.24, 2.45) is 11.3 Å². The summed E-state index contributed by atoms with van der Waals surface area (Å²) in [5.74, 6) is 0.282. The number of fused-ring (bicyclic) bond motifs is 1. The van der Waals surface area contributed by atoms with Gasteiger partial charge in [0.25, 0.3) is 5.56 Å². The summed E-state index contributed by atoms with van der Waals surface area (Å²) >= 11 is 0. The molecule has 0 aromatic carbocycles. The second-order valence-corrected chi connectivity index (χ2v) is 8.54. The summed E-state index contributed by atoms with van der Waals surface area (Å²) in [5.41, 5.74) is 2.81. The SMILES string of the molecule is N#Cc1c(N2CCC3(CCC3)CC2)c2nc(C(O)C3CC3)ccc2[nH]c1=O. The van der Waals surface area contributed by atoms with Crippen LogP contribution in [0.2, 0.25) is 0 Å². The molecule has 2 aromatic heterocycles. The maximum absolute atomic E-state index is 12.5. The van der Waals surface area contributed by atoms with Crippen LogP contribution in [0.5, 0.6) is 0 Å². The molecular weight excluding hydrogens is 340 g/mol. The Morgan fingerprint density at radius 1 is 1.26 bits per heavy atom. The highest BCUT2D eigenvalue weighted by molar-refractivity contribution is 5.91. The van der Waals surface area contributed by atoms with E-state index < -0.39 is 6.10 Å². The summed E-state index contributed by atoms with van der Waals surface area (Å²) in [6.45, 7) is 1.70. The van der Waals surface area contributed by atoms with Crippen LogP contribution >= 0.6 is 0 Å². The van der Waals surface area contributed by atoms with Crippen LogP contribution in [0.3, 0.4) is 0 Å². The molecule has 2 saturated carbocycles. The first-order chi connectivity index (χ1) is 13.1. The predicted octanol–water partition coefficient (Wildman–Crippen LogP) is 3.01. The summed E-state index contributed by atoms with van der Waals surface area (Å²) < 4.78 is 0. The van der Waals surface area contributed by atoms with Crippen molar-refractivity contribution in [3.05, 3.63) is 33.7 Å². The van der Waals surface area contributed by atoms with Gasteiger partial charge in [-0.3, -0.25) is 4.79 Å². The summed E-state index contributed by atoms with van der Waals surface area (Å²) in [5, 5.41) is 20.1. The largest absolute Gasteiger partial charge is 0.387 e. The van der Waals surface area contributed by atoms with Crippen LogP contribution in [0.25, 0.3) is 11.0 Å². The van der Waals surface area contributed by atoms with Crippen LogP contribution in [0.1, 0.15) is 62.3 Å². The standard InChI is InChI=1S/C21H24N4O2/c22-12-14-18(25-10-8-21(9-11-25)6-1-7-21)17-15(24-20(14)27)4-5-16(23-17)19(26)13-2-3-13/h4-5,13,19,26H,1-3,6-11H2,(H,24,27). The monoisotopic (exact) mass is 364 g/mol. The van der Waals surface area contributed by atoms with Crippen molar-refractivity contribution in [2.45, 2.75) is 51.0 Å². The van der Waals surface area contributed by atoms with Gasteiger partial charge in [0, 0.05) is 13.1 Å². The van der Waals surface area contributed by atoms with Gasteiger partial charge in [0.1, 0.15) is 17.1 Å². The first-order valence-corrected chi connectivity index (χ1v) is 10.0. The third-order valence-electron chi connectivity index (χ3n) is 6.89. The van der Waals surface area contributed by atoms with Crippen LogP contribution in [0.4, 0.5) is 5.69 Å². The highest BCUT2D eigenvalue weighted by Crippen LogP contribution is 2.49. The molecule has 3 heterocycles. The number of hydrogen-bond donors (Lipinski definition) is 2. The number of aromatic nitrogens is 2. The van der Waals surface area contributed by atoms with Crippen molar-refractivity contribution in [1.82, 2.24) is 9.97 Å². The molecular formula is C21H24N4O2. The smallest absolute Gasteiger partial charge is 0.268 e. The number of nitrogens with one attached hydrogen (secondary N) is 1. The van der Waals surface area contributed by atoms with E-state index in [0.717, 1.165) is 38.8 Å². The highest BCUT2D eigenvalue weighted by atomic mass is 16.3. The van der Waals surface area contributed by atoms with Gasteiger partial charge in [0.2, 0.25) is 0 Å². The van der Waals surface area contributed by atoms with Gasteiger partial charge in [-0.05, 0) is 62.0 Å². The molecule has 2 aromatic rings. The van der Waals surface area contributed by atoms with Crippen molar-refractivity contribution >= 4 is 16.7 Å². The quantitative estimate of drug-likeness (QED) is 0.873. The molecule has 2 N–H and O–H groups in total. The second kappa shape index (κ2) is 6.07. The zero-order chi connectivity index (χ0) is 18.6. The van der Waals surface area contributed by atoms with Gasteiger partial charge >= 0.3 is 0 Å². The van der Waals surface area contributed by atoms with Crippen LogP contribution in [0, 0.1) is 22.7 Å². The Kier molecular flexibility index (Phi) is 3.76. The number of hydrogen-bond acceptors (Lipinski definition) is 5. The van der Waals surface area contributed by atoms with E-state index >= 15 is 0 Å². The molecule has 2 aliphatic carbocycles. The molecule has 1 aliphatic heterocycles. The van der Waals surface area contributed by atoms with E-state index in [1.165, 1.54) is 19.3 Å². The molecule has 3 fully saturated rings. The Balaban J connectivity index is 1.60. The van der Waals surface area contributed by atoms with Gasteiger partial charge in [-0.15, -0.1) is 0 Å². The van der Waals surface area contributed by atoms with E-state index in [9.17, 15) is 15.2 Å². The van der Waals surface area contributed by atoms with Crippen LogP contribution < -0.4 is 10.5 Å². The summed E-state index contributed by atoms with van der Waals surface area (Å²) in [6.07, 6.45) is 7.62. The summed E-state index contributed by atoms with van der Waals surface area (Å²) in [6, 6.07) is 5.70. The average Bonchev–Trinajstić information content (AvgIpc) is 3.50. The van der Waals surface area contributed by atoms with Gasteiger partial charge in [-0.25, -0.2) is 4.98 Å². The van der Waals surface area contributed by atoms with Gasteiger partial charge in [0.15, 0.2) is 0 Å². The molecule has 1 unspecified atom stereocenters. The van der Waals surface area contributed by atoms with Crippen molar-refractivity contribution in [3.8, 4) is 6.07 Å². The van der Waals surface area contributed by atoms with Crippen molar-refractivity contribution < 1.29 is 5.11 Å². The number of aliphatic hydroxyl groups excluding tert-OH is 1. The Morgan fingerprint density at radius 3 is 2.59 bits per heavy atom. The van der Waals surface area contributed by atoms with Crippen LogP contribution in [0.15, 0.2) is 16.9 Å². The van der Waals surface area contributed by atoms with E-state index in [1.54, 1.807) is 6.07 Å². The third kappa shape index (κ3) is 2.72. The third-order valence-corrected chi connectivity index (χ3v) is 6.89. The second-order valence-electron chi connectivity index (χ2n) is 8.54. The summed E-state index contributed by atoms with van der Waals surface area (Å²) in [4.78, 5) is 22.2. The Hall–Kier alpha value is -2.39. The fourth-order valence-corrected chi connectivity index (χ4v) is 4.78. The molecule has 0 bridgehead atoms. The minimum atomic E-state index is -0.570. The zero-order valence-corrected chi connectivity index (χ0v) is 15.4. The van der Waals surface area contributed by atoms with E-state index in [0.29, 0.717) is 27.8 Å². The number of H-pyrrole nitrogens is 1. The van der Waals surface area contributed by atoms with Crippen molar-refractivity contribution in [3.63, 3.8) is 0 Å². The average molecular weight is 364 g/mol. The first-order valence-electron chi connectivity index (χ1n) is 10.0. The molecule has 27 heavy (non-hydrogen) atoms. The number of aromatic amines is 1.